The van der Waals surface area contributed by atoms with Gasteiger partial charge in [-0.25, -0.2) is 4.39 Å². The molecule has 3 rings (SSSR count). The average Bonchev–Trinajstić information content (AvgIpc) is 3.04. The third-order valence-electron chi connectivity index (χ3n) is 4.52. The van der Waals surface area contributed by atoms with Crippen molar-refractivity contribution >= 4 is 5.91 Å². The van der Waals surface area contributed by atoms with E-state index in [0.717, 1.165) is 36.6 Å². The van der Waals surface area contributed by atoms with Gasteiger partial charge in [0, 0.05) is 19.5 Å². The second kappa shape index (κ2) is 8.20. The summed E-state index contributed by atoms with van der Waals surface area (Å²) in [5.41, 5.74) is 0.998. The zero-order valence-corrected chi connectivity index (χ0v) is 14.5. The van der Waals surface area contributed by atoms with Gasteiger partial charge in [0.15, 0.2) is 0 Å². The Morgan fingerprint density at radius 2 is 2.08 bits per heavy atom. The summed E-state index contributed by atoms with van der Waals surface area (Å²) in [5.74, 6) is 1.63. The second-order valence-electron chi connectivity index (χ2n) is 6.41. The quantitative estimate of drug-likeness (QED) is 0.799. The highest BCUT2D eigenvalue weighted by Gasteiger charge is 2.17. The number of rotatable bonds is 7. The fourth-order valence-corrected chi connectivity index (χ4v) is 2.97. The summed E-state index contributed by atoms with van der Waals surface area (Å²) in [4.78, 5) is 12.2. The first-order valence-corrected chi connectivity index (χ1v) is 8.80. The van der Waals surface area contributed by atoms with Gasteiger partial charge in [0.2, 0.25) is 5.91 Å². The number of benzene rings is 1. The van der Waals surface area contributed by atoms with Gasteiger partial charge in [-0.05, 0) is 43.9 Å². The maximum atomic E-state index is 12.9. The first-order valence-electron chi connectivity index (χ1n) is 8.80. The lowest BCUT2D eigenvalue weighted by molar-refractivity contribution is -0.122. The Kier molecular flexibility index (Phi) is 5.75. The van der Waals surface area contributed by atoms with Crippen LogP contribution in [0.2, 0.25) is 0 Å². The van der Waals surface area contributed by atoms with Crippen molar-refractivity contribution in [3.05, 3.63) is 47.3 Å². The molecule has 1 unspecified atom stereocenters. The fourth-order valence-electron chi connectivity index (χ4n) is 2.97. The van der Waals surface area contributed by atoms with Crippen molar-refractivity contribution in [1.82, 2.24) is 25.4 Å². The van der Waals surface area contributed by atoms with Gasteiger partial charge in [-0.2, -0.15) is 0 Å². The zero-order valence-electron chi connectivity index (χ0n) is 14.5. The van der Waals surface area contributed by atoms with Crippen LogP contribution in [0, 0.1) is 5.82 Å². The lowest BCUT2D eigenvalue weighted by atomic mass is 10.1. The number of nitrogens with one attached hydrogen (secondary N) is 2. The molecule has 25 heavy (non-hydrogen) atoms. The molecule has 0 spiro atoms. The normalized spacial score (nSPS) is 14.8. The summed E-state index contributed by atoms with van der Waals surface area (Å²) in [6, 6.07) is 6.01. The molecule has 0 bridgehead atoms. The highest BCUT2D eigenvalue weighted by Crippen LogP contribution is 2.14. The van der Waals surface area contributed by atoms with Crippen LogP contribution in [0.4, 0.5) is 4.39 Å². The average molecular weight is 345 g/mol. The fraction of sp³-hybridized carbons (Fsp3) is 0.500. The summed E-state index contributed by atoms with van der Waals surface area (Å²) in [5, 5.41) is 14.5. The van der Waals surface area contributed by atoms with Crippen molar-refractivity contribution in [2.75, 3.05) is 6.54 Å². The van der Waals surface area contributed by atoms with Crippen LogP contribution >= 0.6 is 0 Å². The molecule has 1 aliphatic heterocycles. The van der Waals surface area contributed by atoms with Gasteiger partial charge < -0.3 is 9.88 Å². The molecule has 2 heterocycles. The van der Waals surface area contributed by atoms with Crippen LogP contribution in [0.25, 0.3) is 0 Å². The molecule has 0 saturated carbocycles. The van der Waals surface area contributed by atoms with Crippen molar-refractivity contribution in [1.29, 1.82) is 0 Å². The topological polar surface area (TPSA) is 71.8 Å². The van der Waals surface area contributed by atoms with Crippen molar-refractivity contribution in [3.8, 4) is 0 Å². The van der Waals surface area contributed by atoms with Gasteiger partial charge in [0.25, 0.3) is 0 Å². The van der Waals surface area contributed by atoms with Crippen molar-refractivity contribution in [3.63, 3.8) is 0 Å². The molecule has 1 atom stereocenters. The molecule has 2 aromatic rings. The summed E-state index contributed by atoms with van der Waals surface area (Å²) in [6.07, 6.45) is 3.97. The molecule has 1 aromatic heterocycles. The van der Waals surface area contributed by atoms with E-state index in [1.165, 1.54) is 18.6 Å². The third-order valence-corrected chi connectivity index (χ3v) is 4.52. The number of hydrogen-bond donors (Lipinski definition) is 2. The molecule has 7 heteroatoms. The van der Waals surface area contributed by atoms with E-state index in [1.807, 2.05) is 6.92 Å². The summed E-state index contributed by atoms with van der Waals surface area (Å²) < 4.78 is 15.0. The van der Waals surface area contributed by atoms with Gasteiger partial charge in [-0.15, -0.1) is 10.2 Å². The molecule has 1 aromatic carbocycles. The van der Waals surface area contributed by atoms with Gasteiger partial charge in [-0.3, -0.25) is 10.1 Å². The van der Waals surface area contributed by atoms with Crippen LogP contribution in [0.15, 0.2) is 24.3 Å². The van der Waals surface area contributed by atoms with Gasteiger partial charge in [-0.1, -0.05) is 12.1 Å². The summed E-state index contributed by atoms with van der Waals surface area (Å²) in [7, 11) is 0. The Balaban J connectivity index is 1.41. The molecule has 0 fully saturated rings. The number of amides is 1. The number of carbonyl (C=O) groups excluding carboxylic acids is 1. The van der Waals surface area contributed by atoms with E-state index in [4.69, 9.17) is 0 Å². The third kappa shape index (κ3) is 4.63. The van der Waals surface area contributed by atoms with Crippen LogP contribution in [-0.4, -0.2) is 33.3 Å². The van der Waals surface area contributed by atoms with E-state index in [1.54, 1.807) is 12.1 Å². The molecule has 6 nitrogen and oxygen atoms in total. The van der Waals surface area contributed by atoms with Crippen LogP contribution < -0.4 is 10.6 Å². The van der Waals surface area contributed by atoms with E-state index >= 15 is 0 Å². The Morgan fingerprint density at radius 1 is 1.28 bits per heavy atom. The molecular formula is C18H24FN5O. The standard InChI is InChI=1S/C18H24FN5O/c1-13(18(25)20-10-9-14-5-7-15(19)8-6-14)21-12-17-23-22-16-4-2-3-11-24(16)17/h5-8,13,21H,2-4,9-12H2,1H3,(H,20,25). The summed E-state index contributed by atoms with van der Waals surface area (Å²) in [6.45, 7) is 3.84. The number of carbonyl (C=O) groups is 1. The van der Waals surface area contributed by atoms with Crippen LogP contribution in [0.5, 0.6) is 0 Å². The van der Waals surface area contributed by atoms with E-state index in [9.17, 15) is 9.18 Å². The molecule has 0 saturated heterocycles. The van der Waals surface area contributed by atoms with Crippen molar-refractivity contribution in [2.24, 2.45) is 0 Å². The number of nitrogens with zero attached hydrogens (tertiary/aromatic N) is 3. The van der Waals surface area contributed by atoms with Crippen molar-refractivity contribution in [2.45, 2.75) is 51.7 Å². The minimum Gasteiger partial charge on any atom is -0.354 e. The number of fused-ring (bicyclic) bond motifs is 1. The molecule has 0 radical (unpaired) electrons. The monoisotopic (exact) mass is 345 g/mol. The SMILES string of the molecule is CC(NCc1nnc2n1CCCC2)C(=O)NCCc1ccc(F)cc1. The Bertz CT molecular complexity index is 713. The number of hydrogen-bond acceptors (Lipinski definition) is 4. The molecule has 0 aliphatic carbocycles. The predicted molar refractivity (Wildman–Crippen MR) is 92.4 cm³/mol. The minimum absolute atomic E-state index is 0.0551. The van der Waals surface area contributed by atoms with E-state index in [0.29, 0.717) is 19.5 Å². The highest BCUT2D eigenvalue weighted by atomic mass is 19.1. The van der Waals surface area contributed by atoms with E-state index < -0.39 is 0 Å². The smallest absolute Gasteiger partial charge is 0.236 e. The Hall–Kier alpha value is -2.28. The van der Waals surface area contributed by atoms with Gasteiger partial charge in [0.05, 0.1) is 12.6 Å². The van der Waals surface area contributed by atoms with Crippen LogP contribution in [0.3, 0.4) is 0 Å². The second-order valence-corrected chi connectivity index (χ2v) is 6.41. The highest BCUT2D eigenvalue weighted by molar-refractivity contribution is 5.81. The van der Waals surface area contributed by atoms with Gasteiger partial charge >= 0.3 is 0 Å². The number of halogens is 1. The lowest BCUT2D eigenvalue weighted by Crippen LogP contribution is -2.42. The van der Waals surface area contributed by atoms with Crippen LogP contribution in [-0.2, 0) is 30.7 Å². The van der Waals surface area contributed by atoms with Crippen molar-refractivity contribution < 1.29 is 9.18 Å². The number of aryl methyl sites for hydroxylation is 1. The summed E-state index contributed by atoms with van der Waals surface area (Å²) >= 11 is 0. The Labute approximate surface area is 146 Å². The Morgan fingerprint density at radius 3 is 2.88 bits per heavy atom. The maximum absolute atomic E-state index is 12.9. The minimum atomic E-state index is -0.315. The molecule has 1 amide bonds. The van der Waals surface area contributed by atoms with Crippen LogP contribution in [0.1, 0.15) is 37.0 Å². The molecule has 1 aliphatic rings. The zero-order chi connectivity index (χ0) is 17.6. The largest absolute Gasteiger partial charge is 0.354 e. The number of aromatic nitrogens is 3. The predicted octanol–water partition coefficient (Wildman–Crippen LogP) is 1.59. The van der Waals surface area contributed by atoms with E-state index in [2.05, 4.69) is 25.4 Å². The molecular weight excluding hydrogens is 321 g/mol. The first kappa shape index (κ1) is 17.5. The maximum Gasteiger partial charge on any atom is 0.236 e. The van der Waals surface area contributed by atoms with E-state index in [-0.39, 0.29) is 17.8 Å². The lowest BCUT2D eigenvalue weighted by Gasteiger charge is -2.17. The van der Waals surface area contributed by atoms with Gasteiger partial charge in [0.1, 0.15) is 17.5 Å². The molecule has 134 valence electrons. The molecule has 2 N–H and O–H groups in total. The first-order chi connectivity index (χ1) is 12.1.